The van der Waals surface area contributed by atoms with Crippen LogP contribution < -0.4 is 0 Å². The largest absolute Gasteiger partial charge is 0.472 e. The summed E-state index contributed by atoms with van der Waals surface area (Å²) in [6.45, 7) is 2.41. The molecule has 5 unspecified atom stereocenters. The summed E-state index contributed by atoms with van der Waals surface area (Å²) >= 11 is 0. The second-order valence-corrected chi connectivity index (χ2v) is 29.7. The van der Waals surface area contributed by atoms with Crippen molar-refractivity contribution in [2.75, 3.05) is 39.6 Å². The number of esters is 3. The lowest BCUT2D eigenvalue weighted by Crippen LogP contribution is -2.30. The maximum absolute atomic E-state index is 12.9. The molecule has 0 aliphatic heterocycles. The maximum Gasteiger partial charge on any atom is 0.472 e. The van der Waals surface area contributed by atoms with Gasteiger partial charge in [0.25, 0.3) is 0 Å². The fraction of sp³-hybridized carbons (Fsp3) is 0.706. The van der Waals surface area contributed by atoms with E-state index in [4.69, 9.17) is 32.3 Å². The molecule has 0 bridgehead atoms. The summed E-state index contributed by atoms with van der Waals surface area (Å²) in [7, 11) is -9.79. The van der Waals surface area contributed by atoms with Crippen molar-refractivity contribution < 1.29 is 75.8 Å². The molecule has 0 aromatic carbocycles. The van der Waals surface area contributed by atoms with Gasteiger partial charge in [-0.2, -0.15) is 0 Å². The Hall–Kier alpha value is -4.31. The van der Waals surface area contributed by atoms with Gasteiger partial charge in [-0.3, -0.25) is 32.5 Å². The molecular formula is C85H146O16P2. The Morgan fingerprint density at radius 3 is 0.825 bits per heavy atom. The van der Waals surface area contributed by atoms with E-state index in [0.717, 1.165) is 154 Å². The van der Waals surface area contributed by atoms with Gasteiger partial charge in [0.2, 0.25) is 0 Å². The molecule has 0 amide bonds. The topological polar surface area (TPSA) is 231 Å². The van der Waals surface area contributed by atoms with Crippen molar-refractivity contribution in [1.29, 1.82) is 0 Å². The molecule has 0 rings (SSSR count). The minimum Gasteiger partial charge on any atom is -0.463 e. The summed E-state index contributed by atoms with van der Waals surface area (Å²) in [6, 6.07) is 0. The molecule has 0 aliphatic carbocycles. The predicted octanol–water partition coefficient (Wildman–Crippen LogP) is 23.9. The molecule has 0 aliphatic rings. The Balaban J connectivity index is 4.41. The molecule has 0 spiro atoms. The molecule has 0 radical (unpaired) electrons. The number of carbonyl (C=O) groups excluding carboxylic acids is 3. The van der Waals surface area contributed by atoms with Crippen molar-refractivity contribution in [3.05, 3.63) is 134 Å². The van der Waals surface area contributed by atoms with Gasteiger partial charge < -0.3 is 34.2 Å². The summed E-state index contributed by atoms with van der Waals surface area (Å²) in [5.41, 5.74) is 0. The molecule has 5 atom stereocenters. The van der Waals surface area contributed by atoms with E-state index >= 15 is 0 Å². The molecule has 16 nitrogen and oxygen atoms in total. The van der Waals surface area contributed by atoms with Crippen molar-refractivity contribution in [3.8, 4) is 0 Å². The molecule has 4 N–H and O–H groups in total. The van der Waals surface area contributed by atoms with E-state index < -0.39 is 91.5 Å². The Morgan fingerprint density at radius 1 is 0.282 bits per heavy atom. The number of hydrogen-bond acceptors (Lipinski definition) is 14. The average molecular weight is 1490 g/mol. The first-order chi connectivity index (χ1) is 50.2. The van der Waals surface area contributed by atoms with Gasteiger partial charge in [0.05, 0.1) is 26.4 Å². The highest BCUT2D eigenvalue weighted by Gasteiger charge is 2.29. The number of aliphatic hydroxyl groups is 2. The first-order valence-electron chi connectivity index (χ1n) is 40.5. The lowest BCUT2D eigenvalue weighted by atomic mass is 10.0. The maximum atomic E-state index is 12.9. The van der Waals surface area contributed by atoms with Gasteiger partial charge in [0, 0.05) is 19.3 Å². The van der Waals surface area contributed by atoms with Gasteiger partial charge in [-0.25, -0.2) is 9.13 Å². The quantitative estimate of drug-likeness (QED) is 0.0146. The molecule has 592 valence electrons. The molecule has 0 fully saturated rings. The van der Waals surface area contributed by atoms with Crippen LogP contribution in [0.15, 0.2) is 134 Å². The first-order valence-corrected chi connectivity index (χ1v) is 43.5. The lowest BCUT2D eigenvalue weighted by molar-refractivity contribution is -0.161. The summed E-state index contributed by atoms with van der Waals surface area (Å²) in [6.07, 6.45) is 93.8. The van der Waals surface area contributed by atoms with Crippen molar-refractivity contribution in [3.63, 3.8) is 0 Å². The molecule has 0 saturated heterocycles. The van der Waals surface area contributed by atoms with Gasteiger partial charge in [-0.15, -0.1) is 0 Å². The van der Waals surface area contributed by atoms with E-state index in [2.05, 4.69) is 154 Å². The number of unbranched alkanes of at least 4 members (excludes halogenated alkanes) is 31. The highest BCUT2D eigenvalue weighted by Crippen LogP contribution is 2.45. The predicted molar refractivity (Wildman–Crippen MR) is 426 cm³/mol. The zero-order valence-corrected chi connectivity index (χ0v) is 66.5. The van der Waals surface area contributed by atoms with Crippen LogP contribution in [0.2, 0.25) is 0 Å². The van der Waals surface area contributed by atoms with Crippen LogP contribution >= 0.6 is 15.6 Å². The smallest absolute Gasteiger partial charge is 0.463 e. The van der Waals surface area contributed by atoms with Crippen molar-refractivity contribution in [2.24, 2.45) is 0 Å². The molecule has 18 heteroatoms. The number of phosphoric acid groups is 2. The van der Waals surface area contributed by atoms with E-state index in [-0.39, 0.29) is 19.3 Å². The fourth-order valence-corrected chi connectivity index (χ4v) is 12.3. The normalized spacial score (nSPS) is 14.7. The van der Waals surface area contributed by atoms with Crippen LogP contribution in [0.3, 0.4) is 0 Å². The number of ether oxygens (including phenoxy) is 3. The SMILES string of the molecule is CC/C=C\C/C=C\C/C=C\C/C=C\C/C=C\CCCCCCCCCCCCCCCCCC(=O)OCC(O)COP(=O)(O)OCC(O)COP(=O)(O)OCC(COC(=O)CCCCCCCCCCC/C=C\C/C=C\C/C=C\C/C=C\C/C=C\CC)OC(=O)CCCCCCC/C=C\CCCC. The zero-order valence-electron chi connectivity index (χ0n) is 64.7. The zero-order chi connectivity index (χ0) is 75.2. The Kier molecular flexibility index (Phi) is 74.1. The molecule has 0 saturated carbocycles. The highest BCUT2D eigenvalue weighted by molar-refractivity contribution is 7.47. The third kappa shape index (κ3) is 78.6. The molecule has 0 heterocycles. The summed E-state index contributed by atoms with van der Waals surface area (Å²) in [5, 5.41) is 20.6. The molecular weight excluding hydrogens is 1340 g/mol. The Labute approximate surface area is 626 Å². The first kappa shape index (κ1) is 98.7. The van der Waals surface area contributed by atoms with E-state index in [1.54, 1.807) is 0 Å². The van der Waals surface area contributed by atoms with E-state index in [1.807, 2.05) is 0 Å². The lowest BCUT2D eigenvalue weighted by Gasteiger charge is -2.21. The molecule has 0 aromatic rings. The van der Waals surface area contributed by atoms with Crippen LogP contribution in [-0.2, 0) is 55.8 Å². The number of carbonyl (C=O) groups is 3. The number of aliphatic hydroxyl groups excluding tert-OH is 2. The number of allylic oxidation sites excluding steroid dienone is 22. The second-order valence-electron chi connectivity index (χ2n) is 26.8. The number of rotatable bonds is 76. The number of phosphoric ester groups is 2. The Morgan fingerprint density at radius 2 is 0.515 bits per heavy atom. The standard InChI is InChI=1S/C85H146O16P2/c1-4-7-10-13-16-19-22-24-26-28-30-32-34-36-37-38-39-40-41-43-45-46-48-50-52-54-57-59-62-65-68-71-83(88)95-74-80(86)75-97-102(91,92)98-76-81(87)77-99-103(93,94)100-79-82(101-85(90)73-70-67-64-61-56-21-18-15-12-9-6-3)78-96-84(89)72-69-66-63-60-58-55-53-51-49-47-44-42-35-33-31-29-27-25-23-20-17-14-11-8-5-2/h7-8,10-11,15-20,24-27,30-33,36-37,42,44,80-82,86-87H,4-6,9,12-14,21-23,28-29,34-35,38-41,43,45-79H2,1-3H3,(H,91,92)(H,93,94)/b10-7-,11-8-,18-15-,19-16-,20-17-,26-24-,27-25-,32-30-,33-31-,37-36-,44-42-. The summed E-state index contributed by atoms with van der Waals surface area (Å²) < 4.78 is 61.1. The summed E-state index contributed by atoms with van der Waals surface area (Å²) in [4.78, 5) is 58.6. The average Bonchev–Trinajstić information content (AvgIpc) is 0.914. The van der Waals surface area contributed by atoms with Crippen LogP contribution in [0.25, 0.3) is 0 Å². The fourth-order valence-electron chi connectivity index (χ4n) is 10.7. The summed E-state index contributed by atoms with van der Waals surface area (Å²) in [5.74, 6) is -1.59. The van der Waals surface area contributed by atoms with Gasteiger partial charge in [0.1, 0.15) is 25.4 Å². The third-order valence-corrected chi connectivity index (χ3v) is 18.7. The Bertz CT molecular complexity index is 2410. The van der Waals surface area contributed by atoms with Crippen LogP contribution in [-0.4, -0.2) is 95.9 Å². The minimum absolute atomic E-state index is 0.0911. The van der Waals surface area contributed by atoms with Gasteiger partial charge >= 0.3 is 33.6 Å². The van der Waals surface area contributed by atoms with E-state index in [0.29, 0.717) is 19.3 Å². The van der Waals surface area contributed by atoms with Gasteiger partial charge in [-0.05, 0) is 128 Å². The van der Waals surface area contributed by atoms with Crippen molar-refractivity contribution in [2.45, 2.75) is 347 Å². The van der Waals surface area contributed by atoms with Crippen molar-refractivity contribution in [1.82, 2.24) is 0 Å². The number of hydrogen-bond donors (Lipinski definition) is 4. The highest BCUT2D eigenvalue weighted by atomic mass is 31.2. The van der Waals surface area contributed by atoms with Crippen LogP contribution in [0.1, 0.15) is 329 Å². The van der Waals surface area contributed by atoms with Crippen LogP contribution in [0.4, 0.5) is 0 Å². The van der Waals surface area contributed by atoms with E-state index in [1.165, 1.54) is 116 Å². The monoisotopic (exact) mass is 1490 g/mol. The van der Waals surface area contributed by atoms with Gasteiger partial charge in [0.15, 0.2) is 6.10 Å². The van der Waals surface area contributed by atoms with E-state index in [9.17, 15) is 43.5 Å². The molecule has 0 aromatic heterocycles. The van der Waals surface area contributed by atoms with Gasteiger partial charge in [-0.1, -0.05) is 315 Å². The van der Waals surface area contributed by atoms with Crippen LogP contribution in [0.5, 0.6) is 0 Å². The molecule has 103 heavy (non-hydrogen) atoms. The third-order valence-electron chi connectivity index (χ3n) is 16.8. The second kappa shape index (κ2) is 77.3. The van der Waals surface area contributed by atoms with Crippen molar-refractivity contribution >= 4 is 33.6 Å². The minimum atomic E-state index is -4.93. The van der Waals surface area contributed by atoms with Crippen LogP contribution in [0, 0.1) is 0 Å².